The first kappa shape index (κ1) is 13.1. The van der Waals surface area contributed by atoms with Gasteiger partial charge in [0.1, 0.15) is 5.75 Å². The van der Waals surface area contributed by atoms with Gasteiger partial charge in [-0.2, -0.15) is 0 Å². The van der Waals surface area contributed by atoms with Gasteiger partial charge in [0.2, 0.25) is 0 Å². The molecule has 0 saturated heterocycles. The van der Waals surface area contributed by atoms with E-state index in [1.807, 2.05) is 33.8 Å². The number of hydrogen-bond acceptors (Lipinski definition) is 3. The van der Waals surface area contributed by atoms with Crippen molar-refractivity contribution in [1.29, 1.82) is 0 Å². The van der Waals surface area contributed by atoms with Gasteiger partial charge >= 0.3 is 7.12 Å². The van der Waals surface area contributed by atoms with Crippen LogP contribution in [-0.4, -0.2) is 23.8 Å². The molecule has 1 aromatic rings. The Bertz CT molecular complexity index is 362. The first-order valence-corrected chi connectivity index (χ1v) is 5.60. The molecule has 88 valence electrons. The van der Waals surface area contributed by atoms with E-state index in [0.717, 1.165) is 16.9 Å². The summed E-state index contributed by atoms with van der Waals surface area (Å²) in [6.07, 6.45) is 0. The van der Waals surface area contributed by atoms with E-state index >= 15 is 0 Å². The zero-order valence-electron chi connectivity index (χ0n) is 10.3. The molecule has 0 aromatic heterocycles. The fraction of sp³-hybridized carbons (Fsp3) is 0.500. The fourth-order valence-corrected chi connectivity index (χ4v) is 1.76. The highest BCUT2D eigenvalue weighted by molar-refractivity contribution is 6.59. The molecule has 0 radical (unpaired) electrons. The lowest BCUT2D eigenvalue weighted by Crippen LogP contribution is -2.34. The van der Waals surface area contributed by atoms with E-state index in [-0.39, 0.29) is 5.92 Å². The SMILES string of the molecule is CCOc1cc(C(C)C)c(B(O)O)cc1C. The van der Waals surface area contributed by atoms with Gasteiger partial charge < -0.3 is 14.8 Å². The molecule has 0 spiro atoms. The average molecular weight is 222 g/mol. The summed E-state index contributed by atoms with van der Waals surface area (Å²) >= 11 is 0. The van der Waals surface area contributed by atoms with Gasteiger partial charge in [-0.3, -0.25) is 0 Å². The van der Waals surface area contributed by atoms with Gasteiger partial charge in [0.25, 0.3) is 0 Å². The predicted molar refractivity (Wildman–Crippen MR) is 66.3 cm³/mol. The van der Waals surface area contributed by atoms with Crippen molar-refractivity contribution in [3.8, 4) is 5.75 Å². The van der Waals surface area contributed by atoms with Crippen LogP contribution >= 0.6 is 0 Å². The molecule has 0 saturated carbocycles. The van der Waals surface area contributed by atoms with E-state index < -0.39 is 7.12 Å². The first-order valence-electron chi connectivity index (χ1n) is 5.60. The molecule has 4 heteroatoms. The predicted octanol–water partition coefficient (Wildman–Crippen LogP) is 1.20. The number of aryl methyl sites for hydroxylation is 1. The molecular weight excluding hydrogens is 203 g/mol. The maximum absolute atomic E-state index is 9.31. The van der Waals surface area contributed by atoms with Crippen molar-refractivity contribution in [2.45, 2.75) is 33.6 Å². The average Bonchev–Trinajstić information content (AvgIpc) is 2.20. The summed E-state index contributed by atoms with van der Waals surface area (Å²) in [7, 11) is -1.42. The minimum Gasteiger partial charge on any atom is -0.494 e. The van der Waals surface area contributed by atoms with Crippen LogP contribution in [-0.2, 0) is 0 Å². The molecular formula is C12H19BO3. The zero-order chi connectivity index (χ0) is 12.3. The maximum Gasteiger partial charge on any atom is 0.488 e. The van der Waals surface area contributed by atoms with Crippen LogP contribution < -0.4 is 10.2 Å². The number of hydrogen-bond donors (Lipinski definition) is 2. The highest BCUT2D eigenvalue weighted by Gasteiger charge is 2.19. The summed E-state index contributed by atoms with van der Waals surface area (Å²) < 4.78 is 5.50. The van der Waals surface area contributed by atoms with Crippen LogP contribution in [0.1, 0.15) is 37.8 Å². The van der Waals surface area contributed by atoms with Gasteiger partial charge in [-0.25, -0.2) is 0 Å². The van der Waals surface area contributed by atoms with Gasteiger partial charge in [-0.1, -0.05) is 19.9 Å². The minimum atomic E-state index is -1.42. The first-order chi connectivity index (χ1) is 7.47. The third-order valence-corrected chi connectivity index (χ3v) is 2.58. The van der Waals surface area contributed by atoms with Crippen molar-refractivity contribution in [3.05, 3.63) is 23.3 Å². The molecule has 0 bridgehead atoms. The van der Waals surface area contributed by atoms with Gasteiger partial charge in [0, 0.05) is 0 Å². The third-order valence-electron chi connectivity index (χ3n) is 2.58. The molecule has 0 fully saturated rings. The maximum atomic E-state index is 9.31. The molecule has 0 unspecified atom stereocenters. The second kappa shape index (κ2) is 5.37. The van der Waals surface area contributed by atoms with E-state index in [1.54, 1.807) is 6.07 Å². The van der Waals surface area contributed by atoms with Crippen LogP contribution in [0.25, 0.3) is 0 Å². The summed E-state index contributed by atoms with van der Waals surface area (Å²) in [5, 5.41) is 18.6. The fourth-order valence-electron chi connectivity index (χ4n) is 1.76. The Hall–Kier alpha value is -0.995. The molecule has 0 atom stereocenters. The Labute approximate surface area is 97.2 Å². The molecule has 0 heterocycles. The number of rotatable bonds is 4. The van der Waals surface area contributed by atoms with E-state index in [9.17, 15) is 10.0 Å². The van der Waals surface area contributed by atoms with Crippen molar-refractivity contribution in [1.82, 2.24) is 0 Å². The lowest BCUT2D eigenvalue weighted by Gasteiger charge is -2.16. The summed E-state index contributed by atoms with van der Waals surface area (Å²) in [6, 6.07) is 3.68. The highest BCUT2D eigenvalue weighted by Crippen LogP contribution is 2.23. The highest BCUT2D eigenvalue weighted by atomic mass is 16.5. The van der Waals surface area contributed by atoms with Crippen LogP contribution in [0.2, 0.25) is 0 Å². The van der Waals surface area contributed by atoms with Crippen molar-refractivity contribution < 1.29 is 14.8 Å². The molecule has 0 aliphatic rings. The van der Waals surface area contributed by atoms with E-state index in [0.29, 0.717) is 12.1 Å². The summed E-state index contributed by atoms with van der Waals surface area (Å²) in [5.74, 6) is 1.05. The smallest absolute Gasteiger partial charge is 0.488 e. The quantitative estimate of drug-likeness (QED) is 0.752. The summed E-state index contributed by atoms with van der Waals surface area (Å²) in [4.78, 5) is 0. The molecule has 0 amide bonds. The molecule has 3 nitrogen and oxygen atoms in total. The van der Waals surface area contributed by atoms with Gasteiger partial charge in [0.15, 0.2) is 0 Å². The summed E-state index contributed by atoms with van der Waals surface area (Å²) in [5.41, 5.74) is 2.41. The normalized spacial score (nSPS) is 10.7. The Balaban J connectivity index is 3.25. The van der Waals surface area contributed by atoms with Gasteiger partial charge in [-0.05, 0) is 42.4 Å². The van der Waals surface area contributed by atoms with Gasteiger partial charge in [0.05, 0.1) is 6.61 Å². The van der Waals surface area contributed by atoms with E-state index in [2.05, 4.69) is 0 Å². The van der Waals surface area contributed by atoms with Crippen molar-refractivity contribution >= 4 is 12.6 Å². The lowest BCUT2D eigenvalue weighted by molar-refractivity contribution is 0.337. The molecule has 0 aliphatic heterocycles. The van der Waals surface area contributed by atoms with Crippen LogP contribution in [0.3, 0.4) is 0 Å². The summed E-state index contributed by atoms with van der Waals surface area (Å²) in [6.45, 7) is 8.49. The molecule has 16 heavy (non-hydrogen) atoms. The second-order valence-electron chi connectivity index (χ2n) is 4.21. The monoisotopic (exact) mass is 222 g/mol. The Morgan fingerprint density at radius 1 is 1.31 bits per heavy atom. The van der Waals surface area contributed by atoms with Crippen LogP contribution in [0.15, 0.2) is 12.1 Å². The van der Waals surface area contributed by atoms with Gasteiger partial charge in [-0.15, -0.1) is 0 Å². The number of ether oxygens (including phenoxy) is 1. The van der Waals surface area contributed by atoms with Crippen molar-refractivity contribution in [3.63, 3.8) is 0 Å². The van der Waals surface area contributed by atoms with Crippen molar-refractivity contribution in [2.24, 2.45) is 0 Å². The van der Waals surface area contributed by atoms with E-state index in [4.69, 9.17) is 4.74 Å². The third kappa shape index (κ3) is 2.77. The zero-order valence-corrected chi connectivity index (χ0v) is 10.3. The topological polar surface area (TPSA) is 49.7 Å². The lowest BCUT2D eigenvalue weighted by atomic mass is 9.73. The number of benzene rings is 1. The molecule has 1 rings (SSSR count). The Kier molecular flexibility index (Phi) is 4.39. The van der Waals surface area contributed by atoms with Crippen LogP contribution in [0.4, 0.5) is 0 Å². The van der Waals surface area contributed by atoms with Crippen LogP contribution in [0, 0.1) is 6.92 Å². The molecule has 0 aliphatic carbocycles. The van der Waals surface area contributed by atoms with Crippen LogP contribution in [0.5, 0.6) is 5.75 Å². The minimum absolute atomic E-state index is 0.233. The standard InChI is InChI=1S/C12H19BO3/c1-5-16-12-7-10(8(2)3)11(13(14)15)6-9(12)4/h6-8,14-15H,5H2,1-4H3. The largest absolute Gasteiger partial charge is 0.494 e. The Morgan fingerprint density at radius 3 is 2.38 bits per heavy atom. The molecule has 2 N–H and O–H groups in total. The van der Waals surface area contributed by atoms with Crippen molar-refractivity contribution in [2.75, 3.05) is 6.61 Å². The molecule has 1 aromatic carbocycles. The van der Waals surface area contributed by atoms with E-state index in [1.165, 1.54) is 0 Å². The second-order valence-corrected chi connectivity index (χ2v) is 4.21. The Morgan fingerprint density at radius 2 is 1.94 bits per heavy atom.